The molecule has 1 aromatic carbocycles. The Bertz CT molecular complexity index is 837. The van der Waals surface area contributed by atoms with Crippen LogP contribution in [-0.2, 0) is 11.3 Å². The third-order valence-corrected chi connectivity index (χ3v) is 4.42. The Kier molecular flexibility index (Phi) is 4.38. The second-order valence-electron chi connectivity index (χ2n) is 5.03. The van der Waals surface area contributed by atoms with Crippen LogP contribution in [0.2, 0.25) is 0 Å². The molecule has 2 heterocycles. The monoisotopic (exact) mass is 329 g/mol. The van der Waals surface area contributed by atoms with Gasteiger partial charge in [-0.1, -0.05) is 41.6 Å². The third-order valence-electron chi connectivity index (χ3n) is 3.37. The minimum atomic E-state index is -0.650. The number of benzene rings is 1. The molecule has 1 atom stereocenters. The summed E-state index contributed by atoms with van der Waals surface area (Å²) in [7, 11) is 0. The second kappa shape index (κ2) is 6.62. The molecule has 23 heavy (non-hydrogen) atoms. The van der Waals surface area contributed by atoms with Crippen molar-refractivity contribution >= 4 is 17.2 Å². The first kappa shape index (κ1) is 15.2. The first-order chi connectivity index (χ1) is 11.1. The number of carbonyl (C=O) groups excluding carboxylic acids is 1. The fourth-order valence-corrected chi connectivity index (χ4v) is 2.98. The van der Waals surface area contributed by atoms with Crippen molar-refractivity contribution in [3.8, 4) is 11.4 Å². The molecular formula is C16H15N3O3S. The molecule has 6 nitrogen and oxygen atoms in total. The highest BCUT2D eigenvalue weighted by molar-refractivity contribution is 7.10. The zero-order chi connectivity index (χ0) is 16.2. The molecule has 7 heteroatoms. The van der Waals surface area contributed by atoms with E-state index in [4.69, 9.17) is 4.52 Å². The number of nitrogens with zero attached hydrogens (tertiary/aromatic N) is 2. The molecule has 0 radical (unpaired) electrons. The van der Waals surface area contributed by atoms with Crippen molar-refractivity contribution in [3.05, 3.63) is 63.3 Å². The Labute approximate surface area is 136 Å². The van der Waals surface area contributed by atoms with Crippen molar-refractivity contribution in [2.45, 2.75) is 19.5 Å². The van der Waals surface area contributed by atoms with Gasteiger partial charge in [-0.25, -0.2) is 9.36 Å². The van der Waals surface area contributed by atoms with Crippen molar-refractivity contribution in [1.29, 1.82) is 0 Å². The molecule has 3 rings (SSSR count). The van der Waals surface area contributed by atoms with Crippen molar-refractivity contribution in [2.75, 3.05) is 0 Å². The molecule has 0 saturated carbocycles. The van der Waals surface area contributed by atoms with Crippen LogP contribution in [0.1, 0.15) is 17.8 Å². The third kappa shape index (κ3) is 3.40. The molecule has 1 N–H and O–H groups in total. The zero-order valence-electron chi connectivity index (χ0n) is 12.4. The van der Waals surface area contributed by atoms with Crippen LogP contribution < -0.4 is 11.1 Å². The van der Waals surface area contributed by atoms with Gasteiger partial charge in [-0.15, -0.1) is 11.3 Å². The maximum atomic E-state index is 12.2. The first-order valence-corrected chi connectivity index (χ1v) is 7.98. The van der Waals surface area contributed by atoms with Gasteiger partial charge < -0.3 is 5.32 Å². The van der Waals surface area contributed by atoms with Crippen LogP contribution in [0.15, 0.2) is 57.2 Å². The summed E-state index contributed by atoms with van der Waals surface area (Å²) in [4.78, 5) is 25.1. The van der Waals surface area contributed by atoms with E-state index in [-0.39, 0.29) is 18.5 Å². The lowest BCUT2D eigenvalue weighted by atomic mass is 10.2. The summed E-state index contributed by atoms with van der Waals surface area (Å²) >= 11 is 1.57. The van der Waals surface area contributed by atoms with Crippen LogP contribution in [0.25, 0.3) is 11.4 Å². The van der Waals surface area contributed by atoms with E-state index in [1.54, 1.807) is 23.5 Å². The van der Waals surface area contributed by atoms with Gasteiger partial charge in [-0.3, -0.25) is 9.32 Å². The van der Waals surface area contributed by atoms with Gasteiger partial charge in [0.05, 0.1) is 6.04 Å². The molecule has 3 aromatic rings. The van der Waals surface area contributed by atoms with E-state index in [9.17, 15) is 9.59 Å². The number of amides is 1. The Morgan fingerprint density at radius 2 is 2.09 bits per heavy atom. The van der Waals surface area contributed by atoms with Crippen LogP contribution in [0, 0.1) is 0 Å². The summed E-state index contributed by atoms with van der Waals surface area (Å²) in [6, 6.07) is 12.9. The number of nitrogens with one attached hydrogen (secondary N) is 1. The molecule has 2 aromatic heterocycles. The first-order valence-electron chi connectivity index (χ1n) is 7.10. The number of hydrogen-bond acceptors (Lipinski definition) is 5. The van der Waals surface area contributed by atoms with E-state index in [0.717, 1.165) is 10.4 Å². The summed E-state index contributed by atoms with van der Waals surface area (Å²) in [5, 5.41) is 8.59. The summed E-state index contributed by atoms with van der Waals surface area (Å²) in [6.45, 7) is 1.76. The molecule has 0 bridgehead atoms. The predicted octanol–water partition coefficient (Wildman–Crippen LogP) is 2.44. The van der Waals surface area contributed by atoms with Crippen LogP contribution in [0.5, 0.6) is 0 Å². The minimum Gasteiger partial charge on any atom is -0.347 e. The molecule has 0 aliphatic rings. The van der Waals surface area contributed by atoms with Gasteiger partial charge in [0.15, 0.2) is 5.82 Å². The van der Waals surface area contributed by atoms with Gasteiger partial charge in [-0.2, -0.15) is 0 Å². The van der Waals surface area contributed by atoms with E-state index < -0.39 is 5.76 Å². The molecule has 118 valence electrons. The van der Waals surface area contributed by atoms with E-state index in [0.29, 0.717) is 5.82 Å². The van der Waals surface area contributed by atoms with Crippen LogP contribution in [0.3, 0.4) is 0 Å². The van der Waals surface area contributed by atoms with Gasteiger partial charge in [0.25, 0.3) is 0 Å². The molecule has 0 unspecified atom stereocenters. The normalized spacial score (nSPS) is 12.0. The Morgan fingerprint density at radius 1 is 1.30 bits per heavy atom. The molecule has 0 saturated heterocycles. The minimum absolute atomic E-state index is 0.113. The zero-order valence-corrected chi connectivity index (χ0v) is 13.2. The molecule has 0 spiro atoms. The lowest BCUT2D eigenvalue weighted by Crippen LogP contribution is -2.32. The molecule has 1 amide bonds. The second-order valence-corrected chi connectivity index (χ2v) is 6.01. The topological polar surface area (TPSA) is 77.1 Å². The fraction of sp³-hybridized carbons (Fsp3) is 0.188. The average Bonchev–Trinajstić information content (AvgIpc) is 3.19. The molecular weight excluding hydrogens is 314 g/mol. The summed E-state index contributed by atoms with van der Waals surface area (Å²) < 4.78 is 5.94. The Morgan fingerprint density at radius 3 is 2.78 bits per heavy atom. The number of aromatic nitrogens is 2. The largest absolute Gasteiger partial charge is 0.442 e. The van der Waals surface area contributed by atoms with E-state index >= 15 is 0 Å². The molecule has 0 fully saturated rings. The Hall–Kier alpha value is -2.67. The summed E-state index contributed by atoms with van der Waals surface area (Å²) in [5.41, 5.74) is 0.720. The van der Waals surface area contributed by atoms with Crippen molar-refractivity contribution < 1.29 is 9.32 Å². The van der Waals surface area contributed by atoms with Gasteiger partial charge in [0.2, 0.25) is 5.91 Å². The summed E-state index contributed by atoms with van der Waals surface area (Å²) in [6.07, 6.45) is 0. The average molecular weight is 329 g/mol. The van der Waals surface area contributed by atoms with E-state index in [2.05, 4.69) is 10.5 Å². The standard InChI is InChI=1S/C16H15N3O3S/c1-11(13-8-5-9-23-13)17-14(20)10-19-15(18-22-16(19)21)12-6-3-2-4-7-12/h2-9,11H,10H2,1H3,(H,17,20)/t11-/m1/s1. The molecule has 0 aliphatic carbocycles. The van der Waals surface area contributed by atoms with E-state index in [1.165, 1.54) is 4.57 Å². The number of rotatable bonds is 5. The smallest absolute Gasteiger partial charge is 0.347 e. The predicted molar refractivity (Wildman–Crippen MR) is 87.1 cm³/mol. The van der Waals surface area contributed by atoms with Gasteiger partial charge in [0, 0.05) is 10.4 Å². The lowest BCUT2D eigenvalue weighted by Gasteiger charge is -2.12. The lowest BCUT2D eigenvalue weighted by molar-refractivity contribution is -0.122. The van der Waals surface area contributed by atoms with Gasteiger partial charge >= 0.3 is 5.76 Å². The van der Waals surface area contributed by atoms with Crippen molar-refractivity contribution in [2.24, 2.45) is 0 Å². The maximum Gasteiger partial charge on any atom is 0.442 e. The van der Waals surface area contributed by atoms with Gasteiger partial charge in [-0.05, 0) is 18.4 Å². The highest BCUT2D eigenvalue weighted by Crippen LogP contribution is 2.18. The van der Waals surface area contributed by atoms with Crippen LogP contribution in [-0.4, -0.2) is 15.6 Å². The quantitative estimate of drug-likeness (QED) is 0.780. The van der Waals surface area contributed by atoms with Crippen molar-refractivity contribution in [1.82, 2.24) is 15.0 Å². The highest BCUT2D eigenvalue weighted by atomic mass is 32.1. The number of carbonyl (C=O) groups is 1. The van der Waals surface area contributed by atoms with Crippen molar-refractivity contribution in [3.63, 3.8) is 0 Å². The molecule has 0 aliphatic heterocycles. The van der Waals surface area contributed by atoms with Crippen LogP contribution >= 0.6 is 11.3 Å². The fourth-order valence-electron chi connectivity index (χ4n) is 2.24. The maximum absolute atomic E-state index is 12.2. The highest BCUT2D eigenvalue weighted by Gasteiger charge is 2.17. The Balaban J connectivity index is 1.77. The summed E-state index contributed by atoms with van der Waals surface area (Å²) in [5.74, 6) is -0.578. The number of hydrogen-bond donors (Lipinski definition) is 1. The van der Waals surface area contributed by atoms with Gasteiger partial charge in [0.1, 0.15) is 6.54 Å². The van der Waals surface area contributed by atoms with Crippen LogP contribution in [0.4, 0.5) is 0 Å². The SMILES string of the molecule is C[C@@H](NC(=O)Cn1c(-c2ccccc2)noc1=O)c1cccs1. The number of thiophene rings is 1. The van der Waals surface area contributed by atoms with E-state index in [1.807, 2.05) is 42.6 Å².